The Labute approximate surface area is 109 Å². The normalized spacial score (nSPS) is 20.8. The smallest absolute Gasteiger partial charge is 0.130 e. The molecule has 2 rings (SSSR count). The van der Waals surface area contributed by atoms with Gasteiger partial charge in [0.25, 0.3) is 0 Å². The van der Waals surface area contributed by atoms with Crippen molar-refractivity contribution in [2.45, 2.75) is 31.4 Å². The predicted molar refractivity (Wildman–Crippen MR) is 73.1 cm³/mol. The lowest BCUT2D eigenvalue weighted by Crippen LogP contribution is -2.20. The van der Waals surface area contributed by atoms with E-state index in [0.29, 0.717) is 0 Å². The quantitative estimate of drug-likeness (QED) is 0.870. The van der Waals surface area contributed by atoms with Gasteiger partial charge in [-0.2, -0.15) is 11.8 Å². The number of thioether (sulfide) groups is 1. The molecule has 1 saturated heterocycles. The number of aromatic nitrogens is 2. The first-order chi connectivity index (χ1) is 7.74. The summed E-state index contributed by atoms with van der Waals surface area (Å²) in [4.78, 5) is 8.55. The van der Waals surface area contributed by atoms with Crippen LogP contribution in [0.25, 0.3) is 0 Å². The number of nitrogens with one attached hydrogen (secondary N) is 1. The molecule has 0 spiro atoms. The van der Waals surface area contributed by atoms with Crippen LogP contribution in [0.2, 0.25) is 0 Å². The van der Waals surface area contributed by atoms with Crippen LogP contribution in [0, 0.1) is 6.92 Å². The second kappa shape index (κ2) is 5.87. The van der Waals surface area contributed by atoms with Gasteiger partial charge in [-0.1, -0.05) is 6.42 Å². The summed E-state index contributed by atoms with van der Waals surface area (Å²) in [6.07, 6.45) is 4.06. The SMILES string of the molecule is Cc1nc(Br)cc(NCC2CCCCS2)n1. The van der Waals surface area contributed by atoms with Gasteiger partial charge in [0.15, 0.2) is 0 Å². The van der Waals surface area contributed by atoms with Gasteiger partial charge in [0.1, 0.15) is 16.2 Å². The van der Waals surface area contributed by atoms with Crippen LogP contribution < -0.4 is 5.32 Å². The maximum Gasteiger partial charge on any atom is 0.130 e. The molecule has 1 atom stereocenters. The fourth-order valence-electron chi connectivity index (χ4n) is 1.81. The number of aryl methyl sites for hydroxylation is 1. The third-order valence-electron chi connectivity index (χ3n) is 2.59. The number of rotatable bonds is 3. The van der Waals surface area contributed by atoms with E-state index in [-0.39, 0.29) is 0 Å². The number of hydrogen-bond acceptors (Lipinski definition) is 4. The monoisotopic (exact) mass is 301 g/mol. The Kier molecular flexibility index (Phi) is 4.46. The van der Waals surface area contributed by atoms with Gasteiger partial charge in [0.05, 0.1) is 0 Å². The summed E-state index contributed by atoms with van der Waals surface area (Å²) >= 11 is 5.46. The average Bonchev–Trinajstić information content (AvgIpc) is 2.27. The van der Waals surface area contributed by atoms with E-state index >= 15 is 0 Å². The first kappa shape index (κ1) is 12.2. The van der Waals surface area contributed by atoms with Crippen LogP contribution in [0.5, 0.6) is 0 Å². The summed E-state index contributed by atoms with van der Waals surface area (Å²) in [6.45, 7) is 2.92. The van der Waals surface area contributed by atoms with Crippen molar-refractivity contribution in [3.05, 3.63) is 16.5 Å². The van der Waals surface area contributed by atoms with E-state index in [1.54, 1.807) is 0 Å². The van der Waals surface area contributed by atoms with Crippen molar-refractivity contribution in [3.63, 3.8) is 0 Å². The van der Waals surface area contributed by atoms with Crippen LogP contribution in [0.15, 0.2) is 10.7 Å². The molecule has 16 heavy (non-hydrogen) atoms. The van der Waals surface area contributed by atoms with E-state index in [9.17, 15) is 0 Å². The molecule has 0 radical (unpaired) electrons. The molecule has 3 nitrogen and oxygen atoms in total. The number of anilines is 1. The average molecular weight is 302 g/mol. The highest BCUT2D eigenvalue weighted by molar-refractivity contribution is 9.10. The third kappa shape index (κ3) is 3.63. The van der Waals surface area contributed by atoms with Gasteiger partial charge in [-0.05, 0) is 41.4 Å². The Bertz CT molecular complexity index is 333. The highest BCUT2D eigenvalue weighted by Crippen LogP contribution is 2.25. The second-order valence-corrected chi connectivity index (χ2v) is 6.21. The molecule has 1 aromatic heterocycles. The van der Waals surface area contributed by atoms with Gasteiger partial charge in [0, 0.05) is 17.9 Å². The van der Waals surface area contributed by atoms with Crippen LogP contribution in [0.4, 0.5) is 5.82 Å². The molecule has 0 saturated carbocycles. The molecular formula is C11H16BrN3S. The Balaban J connectivity index is 1.88. The lowest BCUT2D eigenvalue weighted by molar-refractivity contribution is 0.676. The van der Waals surface area contributed by atoms with E-state index in [1.807, 2.05) is 13.0 Å². The fraction of sp³-hybridized carbons (Fsp3) is 0.636. The van der Waals surface area contributed by atoms with Crippen molar-refractivity contribution in [2.75, 3.05) is 17.6 Å². The summed E-state index contributed by atoms with van der Waals surface area (Å²) in [7, 11) is 0. The topological polar surface area (TPSA) is 37.8 Å². The molecule has 0 bridgehead atoms. The lowest BCUT2D eigenvalue weighted by atomic mass is 10.2. The minimum Gasteiger partial charge on any atom is -0.369 e. The van der Waals surface area contributed by atoms with Crippen molar-refractivity contribution in [1.82, 2.24) is 9.97 Å². The maximum atomic E-state index is 4.36. The van der Waals surface area contributed by atoms with Crippen LogP contribution in [0.3, 0.4) is 0 Å². The van der Waals surface area contributed by atoms with E-state index < -0.39 is 0 Å². The summed E-state index contributed by atoms with van der Waals surface area (Å²) < 4.78 is 0.846. The Morgan fingerprint density at radius 2 is 2.38 bits per heavy atom. The highest BCUT2D eigenvalue weighted by atomic mass is 79.9. The van der Waals surface area contributed by atoms with Crippen molar-refractivity contribution >= 4 is 33.5 Å². The van der Waals surface area contributed by atoms with Gasteiger partial charge >= 0.3 is 0 Å². The van der Waals surface area contributed by atoms with Crippen LogP contribution >= 0.6 is 27.7 Å². The Morgan fingerprint density at radius 3 is 3.06 bits per heavy atom. The predicted octanol–water partition coefficient (Wildman–Crippen LogP) is 3.25. The van der Waals surface area contributed by atoms with Gasteiger partial charge in [-0.15, -0.1) is 0 Å². The van der Waals surface area contributed by atoms with Crippen LogP contribution in [-0.4, -0.2) is 27.5 Å². The molecule has 1 unspecified atom stereocenters. The molecule has 1 aromatic rings. The van der Waals surface area contributed by atoms with Gasteiger partial charge in [-0.25, -0.2) is 9.97 Å². The van der Waals surface area contributed by atoms with Crippen molar-refractivity contribution in [1.29, 1.82) is 0 Å². The van der Waals surface area contributed by atoms with Crippen molar-refractivity contribution < 1.29 is 0 Å². The molecule has 1 aliphatic heterocycles. The van der Waals surface area contributed by atoms with E-state index in [1.165, 1.54) is 25.0 Å². The standard InChI is InChI=1S/C11H16BrN3S/c1-8-14-10(12)6-11(15-8)13-7-9-4-2-3-5-16-9/h6,9H,2-5,7H2,1H3,(H,13,14,15). The fourth-order valence-corrected chi connectivity index (χ4v) is 3.52. The summed E-state index contributed by atoms with van der Waals surface area (Å²) in [5.41, 5.74) is 0. The zero-order valence-electron chi connectivity index (χ0n) is 9.37. The summed E-state index contributed by atoms with van der Waals surface area (Å²) in [5, 5.41) is 4.13. The van der Waals surface area contributed by atoms with Crippen LogP contribution in [0.1, 0.15) is 25.1 Å². The summed E-state index contributed by atoms with van der Waals surface area (Å²) in [5.74, 6) is 3.03. The Morgan fingerprint density at radius 1 is 1.50 bits per heavy atom. The molecule has 1 N–H and O–H groups in total. The Hall–Kier alpha value is -0.290. The van der Waals surface area contributed by atoms with Crippen molar-refractivity contribution in [2.24, 2.45) is 0 Å². The third-order valence-corrected chi connectivity index (χ3v) is 4.40. The molecule has 1 fully saturated rings. The molecule has 88 valence electrons. The zero-order valence-corrected chi connectivity index (χ0v) is 11.8. The van der Waals surface area contributed by atoms with E-state index in [0.717, 1.165) is 28.0 Å². The first-order valence-electron chi connectivity index (χ1n) is 5.61. The second-order valence-electron chi connectivity index (χ2n) is 3.99. The maximum absolute atomic E-state index is 4.36. The molecular weight excluding hydrogens is 286 g/mol. The lowest BCUT2D eigenvalue weighted by Gasteiger charge is -2.21. The van der Waals surface area contributed by atoms with Gasteiger partial charge in [-0.3, -0.25) is 0 Å². The molecule has 5 heteroatoms. The van der Waals surface area contributed by atoms with Gasteiger partial charge in [0.2, 0.25) is 0 Å². The molecule has 0 amide bonds. The van der Waals surface area contributed by atoms with Crippen molar-refractivity contribution in [3.8, 4) is 0 Å². The van der Waals surface area contributed by atoms with E-state index in [2.05, 4.69) is 43.0 Å². The molecule has 0 aliphatic carbocycles. The number of halogens is 1. The number of hydrogen-bond donors (Lipinski definition) is 1. The molecule has 0 aromatic carbocycles. The molecule has 1 aliphatic rings. The van der Waals surface area contributed by atoms with E-state index in [4.69, 9.17) is 0 Å². The molecule has 2 heterocycles. The largest absolute Gasteiger partial charge is 0.369 e. The first-order valence-corrected chi connectivity index (χ1v) is 7.45. The van der Waals surface area contributed by atoms with Gasteiger partial charge < -0.3 is 5.32 Å². The van der Waals surface area contributed by atoms with Crippen LogP contribution in [-0.2, 0) is 0 Å². The number of nitrogens with zero attached hydrogens (tertiary/aromatic N) is 2. The summed E-state index contributed by atoms with van der Waals surface area (Å²) in [6, 6.07) is 1.93. The zero-order chi connectivity index (χ0) is 11.4. The highest BCUT2D eigenvalue weighted by Gasteiger charge is 2.13. The minimum atomic E-state index is 0.739. The minimum absolute atomic E-state index is 0.739.